The maximum absolute atomic E-state index is 13.5. The molecule has 0 spiro atoms. The molecule has 2 aromatic rings. The first kappa shape index (κ1) is 10.7. The standard InChI is InChI=1S/C13H15FN2/c1-10-3-4-13(12(14)7-10)15-8-11-5-6-16(2)9-11/h3-7,9,15H,8H2,1-2H3. The van der Waals surface area contributed by atoms with Crippen LogP contribution in [0, 0.1) is 12.7 Å². The van der Waals surface area contributed by atoms with Gasteiger partial charge in [-0.15, -0.1) is 0 Å². The minimum absolute atomic E-state index is 0.198. The highest BCUT2D eigenvalue weighted by molar-refractivity contribution is 5.46. The van der Waals surface area contributed by atoms with Crippen LogP contribution in [0.3, 0.4) is 0 Å². The summed E-state index contributed by atoms with van der Waals surface area (Å²) < 4.78 is 15.5. The predicted octanol–water partition coefficient (Wildman–Crippen LogP) is 3.08. The van der Waals surface area contributed by atoms with Gasteiger partial charge >= 0.3 is 0 Å². The average Bonchev–Trinajstić information content (AvgIpc) is 2.63. The molecule has 0 aliphatic rings. The first-order chi connectivity index (χ1) is 7.65. The Balaban J connectivity index is 2.04. The number of aryl methyl sites for hydroxylation is 2. The van der Waals surface area contributed by atoms with Crippen molar-refractivity contribution < 1.29 is 4.39 Å². The maximum atomic E-state index is 13.5. The fourth-order valence-electron chi connectivity index (χ4n) is 1.63. The predicted molar refractivity (Wildman–Crippen MR) is 63.9 cm³/mol. The van der Waals surface area contributed by atoms with E-state index in [2.05, 4.69) is 5.32 Å². The van der Waals surface area contributed by atoms with Gasteiger partial charge in [0, 0.05) is 26.0 Å². The maximum Gasteiger partial charge on any atom is 0.146 e. The van der Waals surface area contributed by atoms with Crippen LogP contribution in [0.15, 0.2) is 36.7 Å². The van der Waals surface area contributed by atoms with Gasteiger partial charge in [0.15, 0.2) is 0 Å². The van der Waals surface area contributed by atoms with E-state index in [1.807, 2.05) is 43.1 Å². The summed E-state index contributed by atoms with van der Waals surface area (Å²) in [6.07, 6.45) is 3.99. The van der Waals surface area contributed by atoms with Crippen LogP contribution in [0.5, 0.6) is 0 Å². The fraction of sp³-hybridized carbons (Fsp3) is 0.231. The number of rotatable bonds is 3. The minimum Gasteiger partial charge on any atom is -0.379 e. The summed E-state index contributed by atoms with van der Waals surface area (Å²) in [5.41, 5.74) is 2.62. The largest absolute Gasteiger partial charge is 0.379 e. The Kier molecular flexibility index (Phi) is 2.95. The Labute approximate surface area is 94.7 Å². The van der Waals surface area contributed by atoms with Gasteiger partial charge in [0.05, 0.1) is 5.69 Å². The van der Waals surface area contributed by atoms with E-state index in [4.69, 9.17) is 0 Å². The molecule has 0 amide bonds. The summed E-state index contributed by atoms with van der Waals surface area (Å²) in [4.78, 5) is 0. The fourth-order valence-corrected chi connectivity index (χ4v) is 1.63. The topological polar surface area (TPSA) is 17.0 Å². The molecule has 1 aromatic heterocycles. The molecule has 84 valence electrons. The second-order valence-electron chi connectivity index (χ2n) is 4.02. The van der Waals surface area contributed by atoms with Crippen LogP contribution in [-0.4, -0.2) is 4.57 Å². The summed E-state index contributed by atoms with van der Waals surface area (Å²) in [5, 5.41) is 3.08. The highest BCUT2D eigenvalue weighted by atomic mass is 19.1. The third kappa shape index (κ3) is 2.42. The highest BCUT2D eigenvalue weighted by Gasteiger charge is 2.01. The Bertz CT molecular complexity index is 488. The highest BCUT2D eigenvalue weighted by Crippen LogP contribution is 2.16. The molecule has 16 heavy (non-hydrogen) atoms. The number of anilines is 1. The third-order valence-corrected chi connectivity index (χ3v) is 2.50. The first-order valence-electron chi connectivity index (χ1n) is 5.26. The summed E-state index contributed by atoms with van der Waals surface area (Å²) in [6, 6.07) is 7.22. The van der Waals surface area contributed by atoms with Crippen LogP contribution < -0.4 is 5.32 Å². The molecular formula is C13H15FN2. The van der Waals surface area contributed by atoms with Gasteiger partial charge in [-0.25, -0.2) is 4.39 Å². The molecule has 2 rings (SSSR count). The second kappa shape index (κ2) is 4.39. The lowest BCUT2D eigenvalue weighted by Crippen LogP contribution is -2.00. The van der Waals surface area contributed by atoms with Crippen molar-refractivity contribution >= 4 is 5.69 Å². The molecule has 1 N–H and O–H groups in total. The Morgan fingerprint density at radius 1 is 1.31 bits per heavy atom. The van der Waals surface area contributed by atoms with Gasteiger partial charge in [0.2, 0.25) is 0 Å². The Morgan fingerprint density at radius 3 is 2.75 bits per heavy atom. The minimum atomic E-state index is -0.198. The zero-order chi connectivity index (χ0) is 11.5. The van der Waals surface area contributed by atoms with Crippen molar-refractivity contribution in [3.8, 4) is 0 Å². The van der Waals surface area contributed by atoms with Crippen molar-refractivity contribution in [2.45, 2.75) is 13.5 Å². The van der Waals surface area contributed by atoms with Gasteiger partial charge in [-0.2, -0.15) is 0 Å². The molecule has 0 radical (unpaired) electrons. The number of benzene rings is 1. The lowest BCUT2D eigenvalue weighted by Gasteiger charge is -2.06. The van der Waals surface area contributed by atoms with E-state index in [9.17, 15) is 4.39 Å². The zero-order valence-electron chi connectivity index (χ0n) is 9.50. The third-order valence-electron chi connectivity index (χ3n) is 2.50. The number of aromatic nitrogens is 1. The van der Waals surface area contributed by atoms with E-state index in [1.165, 1.54) is 6.07 Å². The number of nitrogens with one attached hydrogen (secondary N) is 1. The van der Waals surface area contributed by atoms with Crippen molar-refractivity contribution in [3.05, 3.63) is 53.6 Å². The number of nitrogens with zero attached hydrogens (tertiary/aromatic N) is 1. The van der Waals surface area contributed by atoms with Gasteiger partial charge in [-0.3, -0.25) is 0 Å². The molecule has 0 aliphatic carbocycles. The van der Waals surface area contributed by atoms with E-state index < -0.39 is 0 Å². The molecule has 0 saturated heterocycles. The molecule has 3 heteroatoms. The summed E-state index contributed by atoms with van der Waals surface area (Å²) in [6.45, 7) is 2.52. The lowest BCUT2D eigenvalue weighted by atomic mass is 10.2. The van der Waals surface area contributed by atoms with E-state index >= 15 is 0 Å². The average molecular weight is 218 g/mol. The molecule has 0 bridgehead atoms. The Morgan fingerprint density at radius 2 is 2.12 bits per heavy atom. The van der Waals surface area contributed by atoms with E-state index in [1.54, 1.807) is 6.07 Å². The van der Waals surface area contributed by atoms with Gasteiger partial charge in [-0.1, -0.05) is 6.07 Å². The number of hydrogen-bond acceptors (Lipinski definition) is 1. The quantitative estimate of drug-likeness (QED) is 0.837. The van der Waals surface area contributed by atoms with Gasteiger partial charge < -0.3 is 9.88 Å². The van der Waals surface area contributed by atoms with Crippen molar-refractivity contribution in [2.24, 2.45) is 7.05 Å². The van der Waals surface area contributed by atoms with Crippen LogP contribution in [-0.2, 0) is 13.6 Å². The van der Waals surface area contributed by atoms with E-state index in [-0.39, 0.29) is 5.82 Å². The smallest absolute Gasteiger partial charge is 0.146 e. The molecule has 2 nitrogen and oxygen atoms in total. The number of halogens is 1. The molecule has 0 fully saturated rings. The van der Waals surface area contributed by atoms with Crippen molar-refractivity contribution in [1.29, 1.82) is 0 Å². The van der Waals surface area contributed by atoms with Crippen LogP contribution >= 0.6 is 0 Å². The summed E-state index contributed by atoms with van der Waals surface area (Å²) >= 11 is 0. The first-order valence-corrected chi connectivity index (χ1v) is 5.26. The van der Waals surface area contributed by atoms with E-state index in [0.717, 1.165) is 11.1 Å². The molecular weight excluding hydrogens is 203 g/mol. The molecule has 1 heterocycles. The Hall–Kier alpha value is -1.77. The number of hydrogen-bond donors (Lipinski definition) is 1. The molecule has 0 saturated carbocycles. The molecule has 0 aliphatic heterocycles. The SMILES string of the molecule is Cc1ccc(NCc2ccn(C)c2)c(F)c1. The second-order valence-corrected chi connectivity index (χ2v) is 4.02. The molecule has 1 aromatic carbocycles. The van der Waals surface area contributed by atoms with Gasteiger partial charge in [0.1, 0.15) is 5.82 Å². The summed E-state index contributed by atoms with van der Waals surface area (Å²) in [5.74, 6) is -0.198. The molecule has 0 unspecified atom stereocenters. The van der Waals surface area contributed by atoms with Crippen LogP contribution in [0.1, 0.15) is 11.1 Å². The van der Waals surface area contributed by atoms with Crippen LogP contribution in [0.25, 0.3) is 0 Å². The van der Waals surface area contributed by atoms with Crippen LogP contribution in [0.2, 0.25) is 0 Å². The van der Waals surface area contributed by atoms with Gasteiger partial charge in [-0.05, 0) is 36.2 Å². The monoisotopic (exact) mass is 218 g/mol. The molecule has 0 atom stereocenters. The normalized spacial score (nSPS) is 10.4. The zero-order valence-corrected chi connectivity index (χ0v) is 9.50. The van der Waals surface area contributed by atoms with E-state index in [0.29, 0.717) is 12.2 Å². The van der Waals surface area contributed by atoms with Crippen molar-refractivity contribution in [3.63, 3.8) is 0 Å². The van der Waals surface area contributed by atoms with Crippen LogP contribution in [0.4, 0.5) is 10.1 Å². The van der Waals surface area contributed by atoms with Crippen molar-refractivity contribution in [2.75, 3.05) is 5.32 Å². The van der Waals surface area contributed by atoms with Gasteiger partial charge in [0.25, 0.3) is 0 Å². The summed E-state index contributed by atoms with van der Waals surface area (Å²) in [7, 11) is 1.97. The lowest BCUT2D eigenvalue weighted by molar-refractivity contribution is 0.629. The van der Waals surface area contributed by atoms with Crippen molar-refractivity contribution in [1.82, 2.24) is 4.57 Å².